The number of benzene rings is 1. The van der Waals surface area contributed by atoms with Crippen molar-refractivity contribution in [3.05, 3.63) is 48.0 Å². The highest BCUT2D eigenvalue weighted by Gasteiger charge is 2.28. The van der Waals surface area contributed by atoms with Gasteiger partial charge in [0.1, 0.15) is 10.8 Å². The molecule has 30 heavy (non-hydrogen) atoms. The molecule has 1 saturated heterocycles. The maximum atomic E-state index is 12.1. The van der Waals surface area contributed by atoms with Crippen LogP contribution in [0.2, 0.25) is 5.15 Å². The van der Waals surface area contributed by atoms with Crippen molar-refractivity contribution in [3.8, 4) is 11.3 Å². The fourth-order valence-corrected chi connectivity index (χ4v) is 4.42. The van der Waals surface area contributed by atoms with Gasteiger partial charge in [-0.25, -0.2) is 9.97 Å². The Labute approximate surface area is 178 Å². The molecule has 3 aromatic heterocycles. The molecule has 2 atom stereocenters. The lowest BCUT2D eigenvalue weighted by atomic mass is 9.95. The van der Waals surface area contributed by atoms with E-state index in [-0.39, 0.29) is 17.9 Å². The van der Waals surface area contributed by atoms with E-state index >= 15 is 0 Å². The molecule has 0 saturated carbocycles. The summed E-state index contributed by atoms with van der Waals surface area (Å²) in [7, 11) is 1.67. The summed E-state index contributed by atoms with van der Waals surface area (Å²) in [6.45, 7) is 1.42. The number of fused-ring (bicyclic) bond motifs is 2. The van der Waals surface area contributed by atoms with Crippen molar-refractivity contribution in [1.29, 1.82) is 0 Å². The van der Waals surface area contributed by atoms with E-state index < -0.39 is 0 Å². The number of imidazole rings is 1. The number of amides is 1. The normalized spacial score (nSPS) is 19.3. The summed E-state index contributed by atoms with van der Waals surface area (Å²) in [5.74, 6) is 0.606. The van der Waals surface area contributed by atoms with Crippen molar-refractivity contribution in [3.63, 3.8) is 0 Å². The van der Waals surface area contributed by atoms with Gasteiger partial charge in [-0.2, -0.15) is 0 Å². The van der Waals surface area contributed by atoms with Gasteiger partial charge in [0.05, 0.1) is 5.92 Å². The van der Waals surface area contributed by atoms with Gasteiger partial charge in [0, 0.05) is 61.2 Å². The molecule has 8 nitrogen and oxygen atoms in total. The van der Waals surface area contributed by atoms with Gasteiger partial charge >= 0.3 is 0 Å². The number of rotatable bonds is 4. The Morgan fingerprint density at radius 2 is 2.17 bits per heavy atom. The minimum absolute atomic E-state index is 0.0449. The molecular weight excluding hydrogens is 402 g/mol. The first-order valence-corrected chi connectivity index (χ1v) is 10.3. The van der Waals surface area contributed by atoms with E-state index in [1.807, 2.05) is 41.1 Å². The standard InChI is InChI=1S/C21H22ClN7O/c1-23-21(30)12-8-13(10-24-9-12)27-19-20-25-6-7-29(20)18(22)17(28-19)15-11-26-16-5-3-2-4-14(15)16/h2-7,11-13,24,26H,8-10H2,1H3,(H,23,30)(H,27,28)/t12-,13+/m1/s1. The molecule has 9 heteroatoms. The Morgan fingerprint density at radius 3 is 3.03 bits per heavy atom. The SMILES string of the molecule is CNC(=O)[C@H]1CNC[C@@H](Nc2nc(-c3c[nH]c4ccccc34)c(Cl)n3ccnc23)C1. The zero-order valence-corrected chi connectivity index (χ0v) is 17.2. The molecule has 4 heterocycles. The van der Waals surface area contributed by atoms with Gasteiger partial charge in [-0.1, -0.05) is 29.8 Å². The van der Waals surface area contributed by atoms with Gasteiger partial charge in [0.15, 0.2) is 11.5 Å². The van der Waals surface area contributed by atoms with Crippen molar-refractivity contribution in [2.24, 2.45) is 5.92 Å². The first-order valence-electron chi connectivity index (χ1n) is 9.93. The van der Waals surface area contributed by atoms with Crippen LogP contribution < -0.4 is 16.0 Å². The monoisotopic (exact) mass is 423 g/mol. The molecule has 1 aliphatic heterocycles. The average molecular weight is 424 g/mol. The lowest BCUT2D eigenvalue weighted by molar-refractivity contribution is -0.125. The molecule has 0 aliphatic carbocycles. The Kier molecular flexibility index (Phi) is 4.80. The van der Waals surface area contributed by atoms with Crippen LogP contribution in [0.4, 0.5) is 5.82 Å². The summed E-state index contributed by atoms with van der Waals surface area (Å²) < 4.78 is 1.83. The van der Waals surface area contributed by atoms with E-state index in [1.54, 1.807) is 13.2 Å². The molecule has 4 aromatic rings. The molecule has 5 rings (SSSR count). The van der Waals surface area contributed by atoms with Gasteiger partial charge in [0.2, 0.25) is 5.91 Å². The average Bonchev–Trinajstić information content (AvgIpc) is 3.43. The number of carbonyl (C=O) groups is 1. The minimum Gasteiger partial charge on any atom is -0.363 e. The number of aromatic nitrogens is 4. The first kappa shape index (κ1) is 18.9. The van der Waals surface area contributed by atoms with Crippen LogP contribution in [0.25, 0.3) is 27.8 Å². The van der Waals surface area contributed by atoms with Crippen LogP contribution >= 0.6 is 11.6 Å². The van der Waals surface area contributed by atoms with E-state index in [4.69, 9.17) is 16.6 Å². The van der Waals surface area contributed by atoms with Crippen molar-refractivity contribution in [2.75, 3.05) is 25.5 Å². The number of hydrogen-bond donors (Lipinski definition) is 4. The zero-order chi connectivity index (χ0) is 20.7. The molecule has 1 aromatic carbocycles. The van der Waals surface area contributed by atoms with Crippen LogP contribution in [0, 0.1) is 5.92 Å². The molecule has 0 unspecified atom stereocenters. The highest BCUT2D eigenvalue weighted by atomic mass is 35.5. The van der Waals surface area contributed by atoms with E-state index in [2.05, 4.69) is 25.9 Å². The van der Waals surface area contributed by atoms with E-state index in [0.717, 1.165) is 23.0 Å². The molecule has 0 spiro atoms. The summed E-state index contributed by atoms with van der Waals surface area (Å²) in [5, 5.41) is 11.1. The Morgan fingerprint density at radius 1 is 1.30 bits per heavy atom. The summed E-state index contributed by atoms with van der Waals surface area (Å²) >= 11 is 6.73. The Hall–Kier alpha value is -3.10. The number of halogens is 1. The summed E-state index contributed by atoms with van der Waals surface area (Å²) in [4.78, 5) is 24.7. The molecule has 1 aliphatic rings. The number of para-hydroxylation sites is 1. The second kappa shape index (κ2) is 7.62. The number of nitrogens with zero attached hydrogens (tertiary/aromatic N) is 3. The molecule has 4 N–H and O–H groups in total. The number of hydrogen-bond acceptors (Lipinski definition) is 5. The highest BCUT2D eigenvalue weighted by molar-refractivity contribution is 6.32. The van der Waals surface area contributed by atoms with Crippen molar-refractivity contribution in [1.82, 2.24) is 30.0 Å². The third-order valence-electron chi connectivity index (χ3n) is 5.64. The summed E-state index contributed by atoms with van der Waals surface area (Å²) in [5.41, 5.74) is 3.29. The summed E-state index contributed by atoms with van der Waals surface area (Å²) in [6.07, 6.45) is 6.18. The quantitative estimate of drug-likeness (QED) is 0.404. The van der Waals surface area contributed by atoms with Crippen LogP contribution in [0.15, 0.2) is 42.9 Å². The zero-order valence-electron chi connectivity index (χ0n) is 16.4. The maximum absolute atomic E-state index is 12.1. The van der Waals surface area contributed by atoms with E-state index in [1.165, 1.54) is 0 Å². The van der Waals surface area contributed by atoms with Crippen LogP contribution in [0.1, 0.15) is 6.42 Å². The highest BCUT2D eigenvalue weighted by Crippen LogP contribution is 2.34. The van der Waals surface area contributed by atoms with Crippen LogP contribution in [0.5, 0.6) is 0 Å². The fourth-order valence-electron chi connectivity index (χ4n) is 4.14. The second-order valence-corrected chi connectivity index (χ2v) is 7.87. The van der Waals surface area contributed by atoms with Gasteiger partial charge < -0.3 is 20.9 Å². The largest absolute Gasteiger partial charge is 0.363 e. The Balaban J connectivity index is 1.55. The number of nitrogens with one attached hydrogen (secondary N) is 4. The third-order valence-corrected chi connectivity index (χ3v) is 6.00. The molecule has 1 fully saturated rings. The lowest BCUT2D eigenvalue weighted by Gasteiger charge is -2.30. The van der Waals surface area contributed by atoms with E-state index in [0.29, 0.717) is 35.3 Å². The predicted octanol–water partition coefficient (Wildman–Crippen LogP) is 2.67. The molecule has 0 radical (unpaired) electrons. The van der Waals surface area contributed by atoms with Gasteiger partial charge in [-0.3, -0.25) is 9.20 Å². The lowest BCUT2D eigenvalue weighted by Crippen LogP contribution is -2.48. The number of H-pyrrole nitrogens is 1. The Bertz CT molecular complexity index is 1230. The number of carbonyl (C=O) groups excluding carboxylic acids is 1. The van der Waals surface area contributed by atoms with Crippen LogP contribution in [-0.2, 0) is 4.79 Å². The fraction of sp³-hybridized carbons (Fsp3) is 0.286. The molecular formula is C21H22ClN7O. The van der Waals surface area contributed by atoms with Crippen molar-refractivity contribution < 1.29 is 4.79 Å². The van der Waals surface area contributed by atoms with Gasteiger partial charge in [-0.15, -0.1) is 0 Å². The predicted molar refractivity (Wildman–Crippen MR) is 118 cm³/mol. The second-order valence-electron chi connectivity index (χ2n) is 7.51. The maximum Gasteiger partial charge on any atom is 0.224 e. The number of piperidine rings is 1. The first-order chi connectivity index (χ1) is 14.7. The number of aromatic amines is 1. The number of anilines is 1. The third kappa shape index (κ3) is 3.18. The molecule has 0 bridgehead atoms. The smallest absolute Gasteiger partial charge is 0.224 e. The van der Waals surface area contributed by atoms with Crippen LogP contribution in [0.3, 0.4) is 0 Å². The van der Waals surface area contributed by atoms with Gasteiger partial charge in [-0.05, 0) is 12.5 Å². The molecule has 1 amide bonds. The van der Waals surface area contributed by atoms with E-state index in [9.17, 15) is 4.79 Å². The van der Waals surface area contributed by atoms with Gasteiger partial charge in [0.25, 0.3) is 0 Å². The topological polar surface area (TPSA) is 99.1 Å². The molecule has 154 valence electrons. The van der Waals surface area contributed by atoms with Crippen molar-refractivity contribution >= 4 is 39.9 Å². The van der Waals surface area contributed by atoms with Crippen molar-refractivity contribution in [2.45, 2.75) is 12.5 Å². The minimum atomic E-state index is -0.0857. The van der Waals surface area contributed by atoms with Crippen LogP contribution in [-0.4, -0.2) is 51.4 Å². The summed E-state index contributed by atoms with van der Waals surface area (Å²) in [6, 6.07) is 8.10.